The number of likely N-dealkylation sites (tertiary alicyclic amines) is 1. The summed E-state index contributed by atoms with van der Waals surface area (Å²) in [5.74, 6) is 0.898. The number of carbonyl (C=O) groups is 1. The van der Waals surface area contributed by atoms with Crippen molar-refractivity contribution in [3.63, 3.8) is 0 Å². The van der Waals surface area contributed by atoms with Gasteiger partial charge in [-0.3, -0.25) is 4.99 Å². The summed E-state index contributed by atoms with van der Waals surface area (Å²) in [7, 11) is 1.62. The highest BCUT2D eigenvalue weighted by atomic mass is 79.9. The summed E-state index contributed by atoms with van der Waals surface area (Å²) in [6.07, 6.45) is 5.81. The molecular formula is C25H31BrN2O4. The molecule has 0 saturated carbocycles. The monoisotopic (exact) mass is 502 g/mol. The molecule has 172 valence electrons. The second kappa shape index (κ2) is 12.6. The van der Waals surface area contributed by atoms with Gasteiger partial charge in [0.05, 0.1) is 30.3 Å². The van der Waals surface area contributed by atoms with Crippen LogP contribution in [0.3, 0.4) is 0 Å². The van der Waals surface area contributed by atoms with E-state index in [0.29, 0.717) is 30.3 Å². The molecule has 1 aliphatic heterocycles. The van der Waals surface area contributed by atoms with Gasteiger partial charge in [0.25, 0.3) is 0 Å². The molecule has 0 aliphatic carbocycles. The minimum Gasteiger partial charge on any atom is -0.493 e. The Morgan fingerprint density at radius 3 is 2.75 bits per heavy atom. The second-order valence-corrected chi connectivity index (χ2v) is 8.54. The van der Waals surface area contributed by atoms with Crippen molar-refractivity contribution in [2.24, 2.45) is 4.99 Å². The van der Waals surface area contributed by atoms with Gasteiger partial charge in [-0.2, -0.15) is 0 Å². The van der Waals surface area contributed by atoms with E-state index in [0.717, 1.165) is 28.7 Å². The van der Waals surface area contributed by atoms with Gasteiger partial charge in [-0.25, -0.2) is 4.79 Å². The molecule has 0 spiro atoms. The minimum absolute atomic E-state index is 0.297. The summed E-state index contributed by atoms with van der Waals surface area (Å²) in [5, 5.41) is 0. The first-order chi connectivity index (χ1) is 15.6. The van der Waals surface area contributed by atoms with Gasteiger partial charge in [-0.15, -0.1) is 0 Å². The summed E-state index contributed by atoms with van der Waals surface area (Å²) in [5.41, 5.74) is 2.33. The van der Waals surface area contributed by atoms with Crippen molar-refractivity contribution >= 4 is 28.1 Å². The van der Waals surface area contributed by atoms with E-state index < -0.39 is 0 Å². The predicted molar refractivity (Wildman–Crippen MR) is 130 cm³/mol. The Bertz CT molecular complexity index is 926. The molecule has 0 amide bonds. The van der Waals surface area contributed by atoms with Crippen LogP contribution < -0.4 is 9.47 Å². The van der Waals surface area contributed by atoms with Gasteiger partial charge in [-0.05, 0) is 84.2 Å². The van der Waals surface area contributed by atoms with E-state index in [4.69, 9.17) is 14.2 Å². The van der Waals surface area contributed by atoms with Crippen molar-refractivity contribution in [1.82, 2.24) is 4.90 Å². The number of carbonyl (C=O) groups excluding carboxylic acids is 1. The fourth-order valence-corrected chi connectivity index (χ4v) is 4.24. The largest absolute Gasteiger partial charge is 0.493 e. The van der Waals surface area contributed by atoms with E-state index in [1.54, 1.807) is 26.2 Å². The molecule has 1 aliphatic rings. The lowest BCUT2D eigenvalue weighted by Gasteiger charge is -2.25. The van der Waals surface area contributed by atoms with Crippen LogP contribution >= 0.6 is 15.9 Å². The Hall–Kier alpha value is -2.38. The quantitative estimate of drug-likeness (QED) is 0.333. The van der Waals surface area contributed by atoms with Crippen LogP contribution in [0.4, 0.5) is 0 Å². The van der Waals surface area contributed by atoms with Gasteiger partial charge >= 0.3 is 5.97 Å². The standard InChI is InChI=1S/C25H31BrN2O4/c1-3-31-25(29)21-9-7-8-19(14-21)18-32-24-22(26)15-20(16-23(24)30-2)17-27-10-13-28-11-5-4-6-12-28/h7-9,14-17H,3-6,10-13,18H2,1-2H3/b27-17+. The number of benzene rings is 2. The third kappa shape index (κ3) is 7.07. The third-order valence-corrected chi connectivity index (χ3v) is 5.90. The average Bonchev–Trinajstić information content (AvgIpc) is 2.82. The Morgan fingerprint density at radius 1 is 1.19 bits per heavy atom. The number of nitrogens with zero attached hydrogens (tertiary/aromatic N) is 2. The molecule has 2 aromatic carbocycles. The van der Waals surface area contributed by atoms with E-state index in [1.165, 1.54) is 32.4 Å². The Balaban J connectivity index is 1.61. The second-order valence-electron chi connectivity index (χ2n) is 7.68. The van der Waals surface area contributed by atoms with E-state index in [1.807, 2.05) is 30.5 Å². The zero-order chi connectivity index (χ0) is 22.8. The molecule has 0 radical (unpaired) electrons. The number of esters is 1. The zero-order valence-corrected chi connectivity index (χ0v) is 20.4. The van der Waals surface area contributed by atoms with Crippen LogP contribution in [0.15, 0.2) is 45.9 Å². The normalized spacial score (nSPS) is 14.5. The summed E-state index contributed by atoms with van der Waals surface area (Å²) in [6, 6.07) is 11.1. The highest BCUT2D eigenvalue weighted by Gasteiger charge is 2.13. The lowest BCUT2D eigenvalue weighted by molar-refractivity contribution is 0.0526. The van der Waals surface area contributed by atoms with Gasteiger partial charge in [-0.1, -0.05) is 18.6 Å². The van der Waals surface area contributed by atoms with Crippen LogP contribution in [-0.2, 0) is 11.3 Å². The molecule has 2 aromatic rings. The van der Waals surface area contributed by atoms with Gasteiger partial charge in [0.1, 0.15) is 6.61 Å². The minimum atomic E-state index is -0.336. The lowest BCUT2D eigenvalue weighted by Crippen LogP contribution is -2.31. The molecule has 0 N–H and O–H groups in total. The highest BCUT2D eigenvalue weighted by Crippen LogP contribution is 2.37. The Morgan fingerprint density at radius 2 is 2.00 bits per heavy atom. The fraction of sp³-hybridized carbons (Fsp3) is 0.440. The number of aliphatic imine (C=N–C) groups is 1. The molecular weight excluding hydrogens is 472 g/mol. The number of rotatable bonds is 10. The first-order valence-electron chi connectivity index (χ1n) is 11.1. The molecule has 32 heavy (non-hydrogen) atoms. The van der Waals surface area contributed by atoms with E-state index >= 15 is 0 Å². The molecule has 0 atom stereocenters. The number of methoxy groups -OCH3 is 1. The van der Waals surface area contributed by atoms with E-state index in [9.17, 15) is 4.79 Å². The molecule has 7 heteroatoms. The highest BCUT2D eigenvalue weighted by molar-refractivity contribution is 9.10. The van der Waals surface area contributed by atoms with Gasteiger partial charge in [0.15, 0.2) is 11.5 Å². The molecule has 0 aromatic heterocycles. The summed E-state index contributed by atoms with van der Waals surface area (Å²) in [4.78, 5) is 19.0. The fourth-order valence-electron chi connectivity index (χ4n) is 3.66. The number of halogens is 1. The van der Waals surface area contributed by atoms with Crippen LogP contribution in [0.2, 0.25) is 0 Å². The molecule has 3 rings (SSSR count). The van der Waals surface area contributed by atoms with Crippen LogP contribution in [0.5, 0.6) is 11.5 Å². The Labute approximate surface area is 198 Å². The number of ether oxygens (including phenoxy) is 3. The molecule has 6 nitrogen and oxygen atoms in total. The van der Waals surface area contributed by atoms with Crippen molar-refractivity contribution in [3.05, 3.63) is 57.6 Å². The average molecular weight is 503 g/mol. The molecule has 0 unspecified atom stereocenters. The Kier molecular flexibility index (Phi) is 9.56. The van der Waals surface area contributed by atoms with E-state index in [-0.39, 0.29) is 5.97 Å². The summed E-state index contributed by atoms with van der Waals surface area (Å²) < 4.78 is 17.4. The van der Waals surface area contributed by atoms with Crippen molar-refractivity contribution in [2.45, 2.75) is 32.8 Å². The topological polar surface area (TPSA) is 60.4 Å². The first kappa shape index (κ1) is 24.3. The first-order valence-corrected chi connectivity index (χ1v) is 11.9. The van der Waals surface area contributed by atoms with Gasteiger partial charge in [0, 0.05) is 12.8 Å². The van der Waals surface area contributed by atoms with Crippen molar-refractivity contribution in [2.75, 3.05) is 39.9 Å². The van der Waals surface area contributed by atoms with Gasteiger partial charge in [0.2, 0.25) is 0 Å². The number of piperidine rings is 1. The van der Waals surface area contributed by atoms with Crippen molar-refractivity contribution in [3.8, 4) is 11.5 Å². The maximum absolute atomic E-state index is 12.0. The van der Waals surface area contributed by atoms with Crippen LogP contribution in [0, 0.1) is 0 Å². The van der Waals surface area contributed by atoms with Crippen LogP contribution in [0.1, 0.15) is 47.7 Å². The zero-order valence-electron chi connectivity index (χ0n) is 18.8. The van der Waals surface area contributed by atoms with Crippen LogP contribution in [0.25, 0.3) is 0 Å². The molecule has 1 saturated heterocycles. The molecule has 1 heterocycles. The predicted octanol–water partition coefficient (Wildman–Crippen LogP) is 5.12. The molecule has 1 fully saturated rings. The summed E-state index contributed by atoms with van der Waals surface area (Å²) in [6.45, 7) is 6.59. The smallest absolute Gasteiger partial charge is 0.338 e. The van der Waals surface area contributed by atoms with Gasteiger partial charge < -0.3 is 19.1 Å². The van der Waals surface area contributed by atoms with Crippen LogP contribution in [-0.4, -0.2) is 57.0 Å². The maximum atomic E-state index is 12.0. The molecule has 0 bridgehead atoms. The van der Waals surface area contributed by atoms with E-state index in [2.05, 4.69) is 25.8 Å². The SMILES string of the molecule is CCOC(=O)c1cccc(COc2c(Br)cc(/C=N/CCN3CCCCC3)cc2OC)c1. The van der Waals surface area contributed by atoms with Crippen molar-refractivity contribution in [1.29, 1.82) is 0 Å². The summed E-state index contributed by atoms with van der Waals surface area (Å²) >= 11 is 3.59. The number of hydrogen-bond acceptors (Lipinski definition) is 6. The lowest BCUT2D eigenvalue weighted by atomic mass is 10.1. The number of hydrogen-bond donors (Lipinski definition) is 0. The van der Waals surface area contributed by atoms with Crippen molar-refractivity contribution < 1.29 is 19.0 Å². The maximum Gasteiger partial charge on any atom is 0.338 e. The third-order valence-electron chi connectivity index (χ3n) is 5.31.